The van der Waals surface area contributed by atoms with E-state index in [1.165, 1.54) is 19.3 Å². The van der Waals surface area contributed by atoms with Crippen molar-refractivity contribution in [1.29, 1.82) is 0 Å². The molecule has 0 aromatic heterocycles. The molecule has 2 aliphatic carbocycles. The molecule has 0 heterocycles. The highest BCUT2D eigenvalue weighted by Crippen LogP contribution is 2.55. The standard InChI is InChI=1S/C16H22/c1-11-8-9-14-10-15(11)12(2)16(14)13-6-4-3-5-7-13/h3-7,11-12,14-16H,8-10H2,1-2H3. The van der Waals surface area contributed by atoms with E-state index in [4.69, 9.17) is 0 Å². The summed E-state index contributed by atoms with van der Waals surface area (Å²) >= 11 is 0. The van der Waals surface area contributed by atoms with E-state index in [2.05, 4.69) is 44.2 Å². The summed E-state index contributed by atoms with van der Waals surface area (Å²) in [5.41, 5.74) is 1.59. The van der Waals surface area contributed by atoms with Crippen molar-refractivity contribution in [2.24, 2.45) is 23.7 Å². The van der Waals surface area contributed by atoms with Gasteiger partial charge in [-0.05, 0) is 48.0 Å². The Morgan fingerprint density at radius 2 is 1.75 bits per heavy atom. The second kappa shape index (κ2) is 3.91. The van der Waals surface area contributed by atoms with Crippen molar-refractivity contribution < 1.29 is 0 Å². The second-order valence-corrected chi connectivity index (χ2v) is 6.01. The molecule has 3 rings (SSSR count). The second-order valence-electron chi connectivity index (χ2n) is 6.01. The van der Waals surface area contributed by atoms with Crippen LogP contribution in [0.15, 0.2) is 30.3 Å². The Balaban J connectivity index is 1.92. The van der Waals surface area contributed by atoms with E-state index in [9.17, 15) is 0 Å². The SMILES string of the molecule is CC1CCC2CC1C(C)C2c1ccccc1. The molecule has 16 heavy (non-hydrogen) atoms. The van der Waals surface area contributed by atoms with E-state index in [0.29, 0.717) is 0 Å². The smallest absolute Gasteiger partial charge is 0.0105 e. The molecule has 0 spiro atoms. The van der Waals surface area contributed by atoms with E-state index in [0.717, 1.165) is 29.6 Å². The molecule has 0 saturated heterocycles. The Kier molecular flexibility index (Phi) is 2.53. The number of benzene rings is 1. The average molecular weight is 214 g/mol. The van der Waals surface area contributed by atoms with Crippen LogP contribution in [0, 0.1) is 23.7 Å². The molecule has 2 bridgehead atoms. The van der Waals surface area contributed by atoms with Gasteiger partial charge in [-0.1, -0.05) is 50.6 Å². The van der Waals surface area contributed by atoms with E-state index >= 15 is 0 Å². The lowest BCUT2D eigenvalue weighted by Crippen LogP contribution is -2.17. The monoisotopic (exact) mass is 214 g/mol. The minimum atomic E-state index is 0.844. The summed E-state index contributed by atoms with van der Waals surface area (Å²) in [6.45, 7) is 4.95. The molecule has 2 fully saturated rings. The Morgan fingerprint density at radius 1 is 1.00 bits per heavy atom. The van der Waals surface area contributed by atoms with Gasteiger partial charge in [-0.15, -0.1) is 0 Å². The predicted octanol–water partition coefficient (Wildman–Crippen LogP) is 4.47. The van der Waals surface area contributed by atoms with Crippen LogP contribution >= 0.6 is 0 Å². The van der Waals surface area contributed by atoms with Crippen LogP contribution in [0.2, 0.25) is 0 Å². The van der Waals surface area contributed by atoms with Crippen LogP contribution < -0.4 is 0 Å². The highest BCUT2D eigenvalue weighted by molar-refractivity contribution is 5.23. The first-order valence-electron chi connectivity index (χ1n) is 6.82. The molecular formula is C16H22. The van der Waals surface area contributed by atoms with Crippen molar-refractivity contribution in [3.8, 4) is 0 Å². The summed E-state index contributed by atoms with van der Waals surface area (Å²) < 4.78 is 0. The van der Waals surface area contributed by atoms with E-state index < -0.39 is 0 Å². The van der Waals surface area contributed by atoms with Gasteiger partial charge >= 0.3 is 0 Å². The zero-order chi connectivity index (χ0) is 11.1. The predicted molar refractivity (Wildman–Crippen MR) is 68.3 cm³/mol. The van der Waals surface area contributed by atoms with Gasteiger partial charge in [-0.25, -0.2) is 0 Å². The van der Waals surface area contributed by atoms with Gasteiger partial charge in [0.2, 0.25) is 0 Å². The first-order valence-corrected chi connectivity index (χ1v) is 6.82. The summed E-state index contributed by atoms with van der Waals surface area (Å²) in [5.74, 6) is 4.66. The molecule has 1 aromatic rings. The van der Waals surface area contributed by atoms with E-state index in [1.54, 1.807) is 5.56 Å². The first kappa shape index (κ1) is 10.4. The maximum absolute atomic E-state index is 2.49. The molecule has 2 saturated carbocycles. The van der Waals surface area contributed by atoms with Crippen LogP contribution in [0.1, 0.15) is 44.6 Å². The minimum Gasteiger partial charge on any atom is -0.0622 e. The molecule has 0 amide bonds. The largest absolute Gasteiger partial charge is 0.0622 e. The van der Waals surface area contributed by atoms with Crippen LogP contribution in [-0.2, 0) is 0 Å². The molecule has 86 valence electrons. The molecule has 0 nitrogen and oxygen atoms in total. The number of rotatable bonds is 1. The molecule has 2 aliphatic rings. The van der Waals surface area contributed by atoms with Crippen molar-refractivity contribution in [2.75, 3.05) is 0 Å². The fraction of sp³-hybridized carbons (Fsp3) is 0.625. The quantitative estimate of drug-likeness (QED) is 0.647. The van der Waals surface area contributed by atoms with Gasteiger partial charge in [0.15, 0.2) is 0 Å². The Hall–Kier alpha value is -0.780. The molecule has 5 unspecified atom stereocenters. The molecule has 0 radical (unpaired) electrons. The minimum absolute atomic E-state index is 0.844. The van der Waals surface area contributed by atoms with Gasteiger partial charge in [0.1, 0.15) is 0 Å². The topological polar surface area (TPSA) is 0 Å². The van der Waals surface area contributed by atoms with Crippen molar-refractivity contribution >= 4 is 0 Å². The van der Waals surface area contributed by atoms with Gasteiger partial charge in [-0.3, -0.25) is 0 Å². The third-order valence-electron chi connectivity index (χ3n) is 5.23. The van der Waals surface area contributed by atoms with Gasteiger partial charge < -0.3 is 0 Å². The first-order chi connectivity index (χ1) is 7.77. The van der Waals surface area contributed by atoms with E-state index in [1.807, 2.05) is 0 Å². The van der Waals surface area contributed by atoms with Gasteiger partial charge in [0.05, 0.1) is 0 Å². The van der Waals surface area contributed by atoms with E-state index in [-0.39, 0.29) is 0 Å². The zero-order valence-corrected chi connectivity index (χ0v) is 10.4. The molecule has 0 N–H and O–H groups in total. The summed E-state index contributed by atoms with van der Waals surface area (Å²) in [6.07, 6.45) is 4.41. The molecule has 5 atom stereocenters. The van der Waals surface area contributed by atoms with Crippen LogP contribution in [0.3, 0.4) is 0 Å². The third kappa shape index (κ3) is 1.50. The van der Waals surface area contributed by atoms with Crippen molar-refractivity contribution in [2.45, 2.75) is 39.0 Å². The highest BCUT2D eigenvalue weighted by Gasteiger charge is 2.45. The van der Waals surface area contributed by atoms with Crippen LogP contribution in [-0.4, -0.2) is 0 Å². The van der Waals surface area contributed by atoms with Crippen molar-refractivity contribution in [3.05, 3.63) is 35.9 Å². The Labute approximate surface area is 99.1 Å². The lowest BCUT2D eigenvalue weighted by molar-refractivity contribution is 0.238. The normalized spacial score (nSPS) is 42.2. The van der Waals surface area contributed by atoms with Gasteiger partial charge in [0, 0.05) is 0 Å². The number of hydrogen-bond donors (Lipinski definition) is 0. The highest BCUT2D eigenvalue weighted by atomic mass is 14.5. The van der Waals surface area contributed by atoms with Crippen molar-refractivity contribution in [1.82, 2.24) is 0 Å². The van der Waals surface area contributed by atoms with Gasteiger partial charge in [-0.2, -0.15) is 0 Å². The fourth-order valence-electron chi connectivity index (χ4n) is 4.40. The Bertz CT molecular complexity index is 354. The van der Waals surface area contributed by atoms with Crippen molar-refractivity contribution in [3.63, 3.8) is 0 Å². The zero-order valence-electron chi connectivity index (χ0n) is 10.4. The molecular weight excluding hydrogens is 192 g/mol. The maximum Gasteiger partial charge on any atom is -0.0105 e. The molecule has 1 aromatic carbocycles. The maximum atomic E-state index is 2.49. The third-order valence-corrected chi connectivity index (χ3v) is 5.23. The summed E-state index contributed by atoms with van der Waals surface area (Å²) in [6, 6.07) is 11.2. The van der Waals surface area contributed by atoms with Gasteiger partial charge in [0.25, 0.3) is 0 Å². The summed E-state index contributed by atoms with van der Waals surface area (Å²) in [5, 5.41) is 0. The van der Waals surface area contributed by atoms with Crippen LogP contribution in [0.5, 0.6) is 0 Å². The number of fused-ring (bicyclic) bond motifs is 2. The molecule has 0 heteroatoms. The summed E-state index contributed by atoms with van der Waals surface area (Å²) in [7, 11) is 0. The van der Waals surface area contributed by atoms with Crippen LogP contribution in [0.25, 0.3) is 0 Å². The lowest BCUT2D eigenvalue weighted by atomic mass is 9.79. The van der Waals surface area contributed by atoms with Crippen LogP contribution in [0.4, 0.5) is 0 Å². The summed E-state index contributed by atoms with van der Waals surface area (Å²) in [4.78, 5) is 0. The lowest BCUT2D eigenvalue weighted by Gasteiger charge is -2.26. The Morgan fingerprint density at radius 3 is 2.44 bits per heavy atom. The number of hydrogen-bond acceptors (Lipinski definition) is 0. The molecule has 0 aliphatic heterocycles. The average Bonchev–Trinajstić information content (AvgIpc) is 2.59. The fourth-order valence-corrected chi connectivity index (χ4v) is 4.40.